The van der Waals surface area contributed by atoms with E-state index in [9.17, 15) is 14.7 Å². The van der Waals surface area contributed by atoms with Gasteiger partial charge in [0.1, 0.15) is 5.75 Å². The molecule has 0 bridgehead atoms. The summed E-state index contributed by atoms with van der Waals surface area (Å²) in [5, 5.41) is 36.3. The van der Waals surface area contributed by atoms with Crippen LogP contribution in [0.3, 0.4) is 0 Å². The van der Waals surface area contributed by atoms with Crippen LogP contribution in [0.25, 0.3) is 0 Å². The predicted octanol–water partition coefficient (Wildman–Crippen LogP) is 11.7. The Morgan fingerprint density at radius 2 is 1.25 bits per heavy atom. The monoisotopic (exact) mass is 659 g/mol. The zero-order chi connectivity index (χ0) is 34.3. The Balaban J connectivity index is 1.18. The van der Waals surface area contributed by atoms with Gasteiger partial charge in [-0.2, -0.15) is 15.5 Å². The fourth-order valence-electron chi connectivity index (χ4n) is 7.13. The molecule has 3 rings (SSSR count). The maximum atomic E-state index is 12.5. The summed E-state index contributed by atoms with van der Waals surface area (Å²) in [4.78, 5) is 23.0. The second-order valence-corrected chi connectivity index (χ2v) is 13.6. The molecule has 2 aromatic rings. The molecule has 0 aliphatic heterocycles. The summed E-state index contributed by atoms with van der Waals surface area (Å²) in [6, 6.07) is 16.7. The number of unbranched alkanes of at least 4 members (excludes halogenated alkanes) is 14. The molecule has 1 aliphatic rings. The predicted molar refractivity (Wildman–Crippen MR) is 190 cm³/mol. The molecule has 0 amide bonds. The van der Waals surface area contributed by atoms with Crippen LogP contribution in [-0.2, 0) is 9.59 Å². The van der Waals surface area contributed by atoms with E-state index in [4.69, 9.17) is 15.1 Å². The molecule has 1 aliphatic carbocycles. The number of carbonyl (C=O) groups is 2. The Bertz CT molecular complexity index is 1270. The molecule has 8 heteroatoms. The summed E-state index contributed by atoms with van der Waals surface area (Å²) in [5.74, 6) is -0.103. The number of rotatable bonds is 26. The van der Waals surface area contributed by atoms with Crippen LogP contribution in [0.15, 0.2) is 58.8 Å². The number of carboxylic acid groups (broad SMARTS) is 2. The summed E-state index contributed by atoms with van der Waals surface area (Å²) in [7, 11) is 0. The molecule has 0 aromatic heterocycles. The second kappa shape index (κ2) is 22.8. The first-order valence-electron chi connectivity index (χ1n) is 18.5. The van der Waals surface area contributed by atoms with Crippen LogP contribution in [0, 0.1) is 22.7 Å². The van der Waals surface area contributed by atoms with E-state index in [2.05, 4.69) is 16.3 Å². The largest absolute Gasteiger partial charge is 0.494 e. The lowest BCUT2D eigenvalue weighted by atomic mass is 9.72. The van der Waals surface area contributed by atoms with E-state index >= 15 is 0 Å². The maximum absolute atomic E-state index is 12.5. The molecule has 0 heterocycles. The lowest BCUT2D eigenvalue weighted by Crippen LogP contribution is -2.35. The number of nitrogens with zero attached hydrogens (tertiary/aromatic N) is 3. The quantitative estimate of drug-likeness (QED) is 0.0762. The van der Waals surface area contributed by atoms with Crippen molar-refractivity contribution in [3.8, 4) is 11.8 Å². The van der Waals surface area contributed by atoms with Gasteiger partial charge in [0, 0.05) is 6.42 Å². The highest BCUT2D eigenvalue weighted by molar-refractivity contribution is 5.75. The van der Waals surface area contributed by atoms with Crippen molar-refractivity contribution in [1.82, 2.24) is 0 Å². The Hall–Kier alpha value is -3.73. The highest BCUT2D eigenvalue weighted by atomic mass is 16.5. The Morgan fingerprint density at radius 3 is 1.81 bits per heavy atom. The SMILES string of the molecule is N#Cc1ccc(N=Nc2ccc(OCCCCCCCCCCC3(C(=O)O)CCCC3CCCCCCCCCCC(=O)O)cc2)cc1. The molecule has 48 heavy (non-hydrogen) atoms. The molecule has 2 unspecified atom stereocenters. The van der Waals surface area contributed by atoms with E-state index < -0.39 is 17.4 Å². The Labute approximate surface area is 288 Å². The molecule has 2 N–H and O–H groups in total. The third-order valence-electron chi connectivity index (χ3n) is 9.98. The van der Waals surface area contributed by atoms with Crippen molar-refractivity contribution in [2.45, 2.75) is 141 Å². The summed E-state index contributed by atoms with van der Waals surface area (Å²) in [5.41, 5.74) is 1.55. The van der Waals surface area contributed by atoms with E-state index in [-0.39, 0.29) is 6.42 Å². The van der Waals surface area contributed by atoms with Gasteiger partial charge in [0.05, 0.1) is 35.0 Å². The molecule has 262 valence electrons. The van der Waals surface area contributed by atoms with E-state index in [1.54, 1.807) is 24.3 Å². The van der Waals surface area contributed by atoms with Crippen LogP contribution >= 0.6 is 0 Å². The Morgan fingerprint density at radius 1 is 0.729 bits per heavy atom. The van der Waals surface area contributed by atoms with Crippen molar-refractivity contribution in [1.29, 1.82) is 5.26 Å². The van der Waals surface area contributed by atoms with Gasteiger partial charge in [0.2, 0.25) is 0 Å². The van der Waals surface area contributed by atoms with Crippen molar-refractivity contribution < 1.29 is 24.5 Å². The van der Waals surface area contributed by atoms with Crippen LogP contribution < -0.4 is 4.74 Å². The number of hydrogen-bond donors (Lipinski definition) is 2. The van der Waals surface area contributed by atoms with Crippen LogP contribution in [0.4, 0.5) is 11.4 Å². The van der Waals surface area contributed by atoms with Crippen LogP contribution in [-0.4, -0.2) is 28.8 Å². The van der Waals surface area contributed by atoms with E-state index in [0.29, 0.717) is 23.8 Å². The van der Waals surface area contributed by atoms with Crippen molar-refractivity contribution in [2.75, 3.05) is 6.61 Å². The minimum Gasteiger partial charge on any atom is -0.494 e. The van der Waals surface area contributed by atoms with Crippen LogP contribution in [0.2, 0.25) is 0 Å². The lowest BCUT2D eigenvalue weighted by molar-refractivity contribution is -0.152. The molecule has 0 radical (unpaired) electrons. The highest BCUT2D eigenvalue weighted by Crippen LogP contribution is 2.49. The Kier molecular flexibility index (Phi) is 18.4. The molecule has 1 fully saturated rings. The van der Waals surface area contributed by atoms with Crippen LogP contribution in [0.1, 0.15) is 147 Å². The van der Waals surface area contributed by atoms with Gasteiger partial charge in [0.15, 0.2) is 0 Å². The zero-order valence-electron chi connectivity index (χ0n) is 28.9. The summed E-state index contributed by atoms with van der Waals surface area (Å²) < 4.78 is 5.89. The number of aliphatic carboxylic acids is 2. The van der Waals surface area contributed by atoms with Crippen molar-refractivity contribution in [3.05, 3.63) is 54.1 Å². The first-order valence-corrected chi connectivity index (χ1v) is 18.5. The fraction of sp³-hybridized carbons (Fsp3) is 0.625. The van der Waals surface area contributed by atoms with Crippen molar-refractivity contribution >= 4 is 23.3 Å². The average molecular weight is 660 g/mol. The number of azo groups is 1. The van der Waals surface area contributed by atoms with E-state index in [1.165, 1.54) is 51.4 Å². The third-order valence-corrected chi connectivity index (χ3v) is 9.98. The molecule has 1 saturated carbocycles. The molecule has 0 saturated heterocycles. The molecule has 2 atom stereocenters. The van der Waals surface area contributed by atoms with Gasteiger partial charge in [0.25, 0.3) is 0 Å². The molecule has 8 nitrogen and oxygen atoms in total. The van der Waals surface area contributed by atoms with Crippen molar-refractivity contribution in [2.24, 2.45) is 21.6 Å². The van der Waals surface area contributed by atoms with E-state index in [0.717, 1.165) is 94.9 Å². The number of ether oxygens (including phenoxy) is 1. The summed E-state index contributed by atoms with van der Waals surface area (Å²) in [6.07, 6.45) is 23.0. The van der Waals surface area contributed by atoms with Gasteiger partial charge in [-0.05, 0) is 93.0 Å². The first-order chi connectivity index (χ1) is 23.4. The van der Waals surface area contributed by atoms with Gasteiger partial charge in [-0.15, -0.1) is 0 Å². The standard InChI is InChI=1S/C40H57N3O5/c41-32-33-21-23-35(24-22-33)42-43-36-25-27-37(28-26-36)48-31-16-12-8-4-3-7-11-15-29-40(39(46)47)30-17-19-34(40)18-13-9-5-1-2-6-10-14-20-38(44)45/h21-28,34H,1-20,29-31H2,(H,44,45)(H,46,47). The normalized spacial score (nSPS) is 17.4. The summed E-state index contributed by atoms with van der Waals surface area (Å²) in [6.45, 7) is 0.695. The first kappa shape index (κ1) is 38.7. The number of nitriles is 1. The molecular weight excluding hydrogens is 602 g/mol. The highest BCUT2D eigenvalue weighted by Gasteiger charge is 2.47. The van der Waals surface area contributed by atoms with Crippen molar-refractivity contribution in [3.63, 3.8) is 0 Å². The number of hydrogen-bond acceptors (Lipinski definition) is 6. The number of carboxylic acids is 2. The lowest BCUT2D eigenvalue weighted by Gasteiger charge is -2.31. The molecule has 2 aromatic carbocycles. The van der Waals surface area contributed by atoms with E-state index in [1.807, 2.05) is 24.3 Å². The van der Waals surface area contributed by atoms with Gasteiger partial charge in [-0.3, -0.25) is 9.59 Å². The summed E-state index contributed by atoms with van der Waals surface area (Å²) >= 11 is 0. The molecule has 0 spiro atoms. The minimum absolute atomic E-state index is 0.280. The number of benzene rings is 2. The zero-order valence-corrected chi connectivity index (χ0v) is 28.9. The maximum Gasteiger partial charge on any atom is 0.309 e. The van der Waals surface area contributed by atoms with Crippen LogP contribution in [0.5, 0.6) is 5.75 Å². The second-order valence-electron chi connectivity index (χ2n) is 13.6. The third kappa shape index (κ3) is 14.6. The van der Waals surface area contributed by atoms with Gasteiger partial charge < -0.3 is 14.9 Å². The average Bonchev–Trinajstić information content (AvgIpc) is 3.51. The topological polar surface area (TPSA) is 132 Å². The van der Waals surface area contributed by atoms with Gasteiger partial charge >= 0.3 is 11.9 Å². The smallest absolute Gasteiger partial charge is 0.309 e. The molecular formula is C40H57N3O5. The fourth-order valence-corrected chi connectivity index (χ4v) is 7.13. The minimum atomic E-state index is -0.701. The van der Waals surface area contributed by atoms with Gasteiger partial charge in [-0.25, -0.2) is 0 Å². The van der Waals surface area contributed by atoms with Gasteiger partial charge in [-0.1, -0.05) is 96.3 Å².